The number of rotatable bonds is 4. The lowest BCUT2D eigenvalue weighted by Gasteiger charge is -2.12. The highest BCUT2D eigenvalue weighted by molar-refractivity contribution is 6.32. The van der Waals surface area contributed by atoms with E-state index in [0.29, 0.717) is 22.4 Å². The van der Waals surface area contributed by atoms with E-state index in [1.807, 2.05) is 6.92 Å². The molecule has 0 saturated heterocycles. The van der Waals surface area contributed by atoms with Gasteiger partial charge in [-0.1, -0.05) is 37.0 Å². The Bertz CT molecular complexity index is 528. The predicted octanol–water partition coefficient (Wildman–Crippen LogP) is 2.83. The van der Waals surface area contributed by atoms with Gasteiger partial charge < -0.3 is 10.3 Å². The summed E-state index contributed by atoms with van der Waals surface area (Å²) >= 11 is 6.02. The van der Waals surface area contributed by atoms with Crippen molar-refractivity contribution in [1.82, 2.24) is 15.1 Å². The van der Waals surface area contributed by atoms with Crippen molar-refractivity contribution in [1.29, 1.82) is 0 Å². The molecule has 0 aliphatic heterocycles. The van der Waals surface area contributed by atoms with E-state index >= 15 is 0 Å². The van der Waals surface area contributed by atoms with Crippen LogP contribution in [-0.4, -0.2) is 15.1 Å². The minimum Gasteiger partial charge on any atom is -0.337 e. The van der Waals surface area contributed by atoms with Gasteiger partial charge in [0.2, 0.25) is 11.7 Å². The summed E-state index contributed by atoms with van der Waals surface area (Å²) in [6.07, 6.45) is 2.58. The van der Waals surface area contributed by atoms with Crippen molar-refractivity contribution < 1.29 is 4.52 Å². The maximum absolute atomic E-state index is 6.03. The lowest BCUT2D eigenvalue weighted by atomic mass is 10.0. The second-order valence-corrected chi connectivity index (χ2v) is 4.61. The van der Waals surface area contributed by atoms with Gasteiger partial charge in [0.25, 0.3) is 0 Å². The first-order valence-electron chi connectivity index (χ1n) is 5.83. The van der Waals surface area contributed by atoms with Gasteiger partial charge in [-0.25, -0.2) is 0 Å². The quantitative estimate of drug-likeness (QED) is 0.921. The van der Waals surface area contributed by atoms with E-state index in [1.165, 1.54) is 0 Å². The summed E-state index contributed by atoms with van der Waals surface area (Å²) in [5.74, 6) is 1.06. The number of nitrogens with zero attached hydrogens (tertiary/aromatic N) is 3. The van der Waals surface area contributed by atoms with Crippen molar-refractivity contribution in [2.24, 2.45) is 11.7 Å². The summed E-state index contributed by atoms with van der Waals surface area (Å²) in [7, 11) is 0. The topological polar surface area (TPSA) is 77.8 Å². The van der Waals surface area contributed by atoms with Crippen LogP contribution in [0.1, 0.15) is 32.2 Å². The number of nitrogens with two attached hydrogens (primary N) is 1. The molecule has 5 nitrogen and oxygen atoms in total. The number of aromatic nitrogens is 3. The van der Waals surface area contributed by atoms with Crippen LogP contribution < -0.4 is 5.73 Å². The van der Waals surface area contributed by atoms with Crippen LogP contribution in [0.2, 0.25) is 5.02 Å². The monoisotopic (exact) mass is 266 g/mol. The third kappa shape index (κ3) is 2.52. The van der Waals surface area contributed by atoms with Crippen molar-refractivity contribution in [3.05, 3.63) is 29.2 Å². The molecule has 2 atom stereocenters. The molecule has 0 saturated carbocycles. The molecule has 0 aliphatic carbocycles. The molecule has 2 heterocycles. The maximum Gasteiger partial charge on any atom is 0.244 e. The fourth-order valence-corrected chi connectivity index (χ4v) is 1.72. The minimum atomic E-state index is -0.265. The fraction of sp³-hybridized carbons (Fsp3) is 0.417. The third-order valence-corrected chi connectivity index (χ3v) is 3.26. The van der Waals surface area contributed by atoms with Crippen molar-refractivity contribution in [2.45, 2.75) is 26.3 Å². The summed E-state index contributed by atoms with van der Waals surface area (Å²) in [4.78, 5) is 8.39. The Hall–Kier alpha value is -1.46. The van der Waals surface area contributed by atoms with Gasteiger partial charge in [0.15, 0.2) is 0 Å². The second kappa shape index (κ2) is 5.46. The van der Waals surface area contributed by atoms with Gasteiger partial charge >= 0.3 is 0 Å². The SMILES string of the molecule is CCC(C)C(N)c1nc(-c2ncccc2Cl)no1. The van der Waals surface area contributed by atoms with E-state index in [2.05, 4.69) is 22.0 Å². The maximum atomic E-state index is 6.03. The standard InChI is InChI=1S/C12H15ClN4O/c1-3-7(2)9(14)12-16-11(17-18-12)10-8(13)5-4-6-15-10/h4-7,9H,3,14H2,1-2H3. The minimum absolute atomic E-state index is 0.265. The normalized spacial score (nSPS) is 14.4. The molecule has 18 heavy (non-hydrogen) atoms. The average Bonchev–Trinajstić information content (AvgIpc) is 2.87. The Kier molecular flexibility index (Phi) is 3.93. The molecule has 2 N–H and O–H groups in total. The molecule has 2 aromatic heterocycles. The molecule has 0 fully saturated rings. The van der Waals surface area contributed by atoms with Gasteiger partial charge in [0.1, 0.15) is 5.69 Å². The molecule has 0 bridgehead atoms. The molecule has 0 aliphatic rings. The van der Waals surface area contributed by atoms with E-state index in [1.54, 1.807) is 18.3 Å². The van der Waals surface area contributed by atoms with Gasteiger partial charge in [-0.3, -0.25) is 4.98 Å². The highest BCUT2D eigenvalue weighted by atomic mass is 35.5. The van der Waals surface area contributed by atoms with Gasteiger partial charge in [-0.2, -0.15) is 4.98 Å². The molecule has 0 spiro atoms. The van der Waals surface area contributed by atoms with Crippen LogP contribution in [0.15, 0.2) is 22.9 Å². The van der Waals surface area contributed by atoms with E-state index in [-0.39, 0.29) is 12.0 Å². The summed E-state index contributed by atoms with van der Waals surface area (Å²) in [5.41, 5.74) is 6.53. The van der Waals surface area contributed by atoms with E-state index in [9.17, 15) is 0 Å². The largest absolute Gasteiger partial charge is 0.337 e. The molecular formula is C12H15ClN4O. The van der Waals surface area contributed by atoms with Gasteiger partial charge in [-0.15, -0.1) is 0 Å². The van der Waals surface area contributed by atoms with Crippen LogP contribution in [0.5, 0.6) is 0 Å². The molecule has 0 aromatic carbocycles. The lowest BCUT2D eigenvalue weighted by Crippen LogP contribution is -2.18. The van der Waals surface area contributed by atoms with Gasteiger partial charge in [-0.05, 0) is 18.1 Å². The van der Waals surface area contributed by atoms with Gasteiger partial charge in [0.05, 0.1) is 11.1 Å². The Balaban J connectivity index is 2.29. The van der Waals surface area contributed by atoms with Crippen LogP contribution in [-0.2, 0) is 0 Å². The van der Waals surface area contributed by atoms with Crippen LogP contribution in [0.3, 0.4) is 0 Å². The zero-order chi connectivity index (χ0) is 13.1. The Morgan fingerprint density at radius 3 is 2.94 bits per heavy atom. The van der Waals surface area contributed by atoms with Crippen LogP contribution in [0, 0.1) is 5.92 Å². The van der Waals surface area contributed by atoms with Crippen molar-refractivity contribution >= 4 is 11.6 Å². The molecule has 96 valence electrons. The van der Waals surface area contributed by atoms with Crippen molar-refractivity contribution in [3.63, 3.8) is 0 Å². The molecule has 0 amide bonds. The second-order valence-electron chi connectivity index (χ2n) is 4.20. The summed E-state index contributed by atoms with van der Waals surface area (Å²) in [6, 6.07) is 3.21. The van der Waals surface area contributed by atoms with E-state index < -0.39 is 0 Å². The van der Waals surface area contributed by atoms with E-state index in [4.69, 9.17) is 21.9 Å². The fourth-order valence-electron chi connectivity index (χ4n) is 1.51. The van der Waals surface area contributed by atoms with Crippen molar-refractivity contribution in [2.75, 3.05) is 0 Å². The summed E-state index contributed by atoms with van der Waals surface area (Å²) in [6.45, 7) is 4.11. The first-order valence-corrected chi connectivity index (χ1v) is 6.21. The Morgan fingerprint density at radius 2 is 2.28 bits per heavy atom. The molecule has 2 rings (SSSR count). The summed E-state index contributed by atoms with van der Waals surface area (Å²) < 4.78 is 5.17. The summed E-state index contributed by atoms with van der Waals surface area (Å²) in [5, 5.41) is 4.36. The third-order valence-electron chi connectivity index (χ3n) is 2.95. The van der Waals surface area contributed by atoms with Crippen LogP contribution >= 0.6 is 11.6 Å². The lowest BCUT2D eigenvalue weighted by molar-refractivity contribution is 0.312. The van der Waals surface area contributed by atoms with Crippen LogP contribution in [0.4, 0.5) is 0 Å². The Morgan fingerprint density at radius 1 is 1.50 bits per heavy atom. The predicted molar refractivity (Wildman–Crippen MR) is 68.9 cm³/mol. The average molecular weight is 267 g/mol. The van der Waals surface area contributed by atoms with Crippen LogP contribution in [0.25, 0.3) is 11.5 Å². The zero-order valence-corrected chi connectivity index (χ0v) is 11.1. The number of hydrogen-bond acceptors (Lipinski definition) is 5. The molecule has 6 heteroatoms. The molecular weight excluding hydrogens is 252 g/mol. The molecule has 2 aromatic rings. The highest BCUT2D eigenvalue weighted by Gasteiger charge is 2.21. The molecule has 2 unspecified atom stereocenters. The molecule has 0 radical (unpaired) electrons. The van der Waals surface area contributed by atoms with Gasteiger partial charge in [0, 0.05) is 6.20 Å². The van der Waals surface area contributed by atoms with E-state index in [0.717, 1.165) is 6.42 Å². The first-order chi connectivity index (χ1) is 8.63. The Labute approximate surface area is 110 Å². The smallest absolute Gasteiger partial charge is 0.244 e. The van der Waals surface area contributed by atoms with Crippen molar-refractivity contribution in [3.8, 4) is 11.5 Å². The zero-order valence-electron chi connectivity index (χ0n) is 10.3. The first kappa shape index (κ1) is 13.0. The highest BCUT2D eigenvalue weighted by Crippen LogP contribution is 2.25. The number of pyridine rings is 1. The number of hydrogen-bond donors (Lipinski definition) is 1. The number of halogens is 1.